The van der Waals surface area contributed by atoms with Crippen molar-refractivity contribution in [1.29, 1.82) is 0 Å². The topological polar surface area (TPSA) is 59.3 Å². The Morgan fingerprint density at radius 3 is 2.38 bits per heavy atom. The summed E-state index contributed by atoms with van der Waals surface area (Å²) in [6.07, 6.45) is 8.38. The van der Waals surface area contributed by atoms with Gasteiger partial charge < -0.3 is 21.1 Å². The van der Waals surface area contributed by atoms with E-state index in [1.54, 1.807) is 0 Å². The van der Waals surface area contributed by atoms with Gasteiger partial charge in [0.05, 0.1) is 12.2 Å². The highest BCUT2D eigenvalue weighted by atomic mass is 16.5. The van der Waals surface area contributed by atoms with Gasteiger partial charge in [0.1, 0.15) is 0 Å². The minimum absolute atomic E-state index is 0.402. The highest BCUT2D eigenvalue weighted by molar-refractivity contribution is 5.65. The summed E-state index contributed by atoms with van der Waals surface area (Å²) in [4.78, 5) is 0. The predicted octanol–water partition coefficient (Wildman–Crippen LogP) is 4.11. The lowest BCUT2D eigenvalue weighted by molar-refractivity contribution is -0.0166. The fourth-order valence-corrected chi connectivity index (χ4v) is 3.66. The molecule has 0 amide bonds. The van der Waals surface area contributed by atoms with Gasteiger partial charge in [0, 0.05) is 30.5 Å². The van der Waals surface area contributed by atoms with Crippen LogP contribution in [0.3, 0.4) is 0 Å². The first-order valence-corrected chi connectivity index (χ1v) is 10.2. The van der Waals surface area contributed by atoms with Crippen LogP contribution in [0.1, 0.15) is 64.0 Å². The van der Waals surface area contributed by atoms with Gasteiger partial charge in [-0.2, -0.15) is 0 Å². The van der Waals surface area contributed by atoms with Crippen LogP contribution in [-0.4, -0.2) is 31.3 Å². The van der Waals surface area contributed by atoms with Gasteiger partial charge in [0.25, 0.3) is 0 Å². The number of morpholine rings is 1. The molecule has 4 nitrogen and oxygen atoms in total. The van der Waals surface area contributed by atoms with E-state index >= 15 is 0 Å². The molecular formula is C22H37N3O. The van der Waals surface area contributed by atoms with E-state index < -0.39 is 0 Å². The van der Waals surface area contributed by atoms with Crippen molar-refractivity contribution < 1.29 is 4.74 Å². The second-order valence-electron chi connectivity index (χ2n) is 7.64. The molecular weight excluding hydrogens is 322 g/mol. The van der Waals surface area contributed by atoms with Crippen molar-refractivity contribution in [1.82, 2.24) is 10.6 Å². The maximum atomic E-state index is 5.93. The summed E-state index contributed by atoms with van der Waals surface area (Å²) in [6.45, 7) is 12.5. The summed E-state index contributed by atoms with van der Waals surface area (Å²) in [5.74, 6) is 0. The molecule has 0 aromatic heterocycles. The molecule has 4 heteroatoms. The zero-order chi connectivity index (χ0) is 18.9. The molecule has 1 aliphatic heterocycles. The molecule has 0 radical (unpaired) electrons. The summed E-state index contributed by atoms with van der Waals surface area (Å²) in [5.41, 5.74) is 10.2. The molecule has 0 bridgehead atoms. The average molecular weight is 360 g/mol. The Bertz CT molecular complexity index is 559. The van der Waals surface area contributed by atoms with Crippen molar-refractivity contribution in [3.05, 3.63) is 35.9 Å². The Hall–Kier alpha value is -1.52. The first-order chi connectivity index (χ1) is 12.5. The van der Waals surface area contributed by atoms with Gasteiger partial charge in [-0.15, -0.1) is 0 Å². The first-order valence-electron chi connectivity index (χ1n) is 10.2. The average Bonchev–Trinajstić information content (AvgIpc) is 2.63. The number of benzene rings is 1. The van der Waals surface area contributed by atoms with Crippen LogP contribution < -0.4 is 16.4 Å². The molecule has 0 spiro atoms. The molecule has 1 aromatic rings. The molecule has 26 heavy (non-hydrogen) atoms. The fraction of sp³-hybridized carbons (Fsp3) is 0.636. The van der Waals surface area contributed by atoms with Gasteiger partial charge in [0.2, 0.25) is 0 Å². The summed E-state index contributed by atoms with van der Waals surface area (Å²) in [5, 5.41) is 6.83. The molecule has 2 aliphatic rings. The summed E-state index contributed by atoms with van der Waals surface area (Å²) in [7, 11) is 0. The van der Waals surface area contributed by atoms with Crippen LogP contribution in [0.25, 0.3) is 5.70 Å². The Kier molecular flexibility index (Phi) is 8.46. The summed E-state index contributed by atoms with van der Waals surface area (Å²) in [6, 6.07) is 6.82. The van der Waals surface area contributed by atoms with Gasteiger partial charge in [-0.05, 0) is 56.4 Å². The summed E-state index contributed by atoms with van der Waals surface area (Å²) >= 11 is 0. The lowest BCUT2D eigenvalue weighted by Crippen LogP contribution is -2.41. The number of nitrogens with two attached hydrogens (primary N) is 1. The first kappa shape index (κ1) is 20.8. The van der Waals surface area contributed by atoms with Crippen molar-refractivity contribution >= 4 is 11.4 Å². The minimum Gasteiger partial charge on any atom is -0.399 e. The maximum Gasteiger partial charge on any atom is 0.0675 e. The van der Waals surface area contributed by atoms with E-state index in [2.05, 4.69) is 50.1 Å². The third kappa shape index (κ3) is 6.65. The smallest absolute Gasteiger partial charge is 0.0675 e. The van der Waals surface area contributed by atoms with Crippen molar-refractivity contribution in [3.63, 3.8) is 0 Å². The largest absolute Gasteiger partial charge is 0.399 e. The van der Waals surface area contributed by atoms with E-state index in [0.717, 1.165) is 30.9 Å². The van der Waals surface area contributed by atoms with Crippen molar-refractivity contribution in [2.24, 2.45) is 0 Å². The zero-order valence-electron chi connectivity index (χ0n) is 16.8. The lowest BCUT2D eigenvalue weighted by atomic mass is 9.95. The number of nitrogens with one attached hydrogen (secondary N) is 2. The number of hydrogen-bond donors (Lipinski definition) is 3. The van der Waals surface area contributed by atoms with Crippen LogP contribution in [0.2, 0.25) is 0 Å². The maximum absolute atomic E-state index is 5.93. The molecule has 146 valence electrons. The Morgan fingerprint density at radius 2 is 1.85 bits per heavy atom. The Balaban J connectivity index is 0.000000254. The van der Waals surface area contributed by atoms with Gasteiger partial charge in [-0.1, -0.05) is 38.8 Å². The summed E-state index contributed by atoms with van der Waals surface area (Å²) < 4.78 is 5.42. The fourth-order valence-electron chi connectivity index (χ4n) is 3.66. The highest BCUT2D eigenvalue weighted by Gasteiger charge is 2.14. The molecule has 1 heterocycles. The molecule has 1 aromatic carbocycles. The van der Waals surface area contributed by atoms with Gasteiger partial charge in [0.15, 0.2) is 0 Å². The monoisotopic (exact) mass is 359 g/mol. The van der Waals surface area contributed by atoms with Crippen LogP contribution in [0.15, 0.2) is 24.8 Å². The van der Waals surface area contributed by atoms with Crippen molar-refractivity contribution in [2.75, 3.05) is 18.8 Å². The minimum atomic E-state index is 0.402. The van der Waals surface area contributed by atoms with E-state index in [-0.39, 0.29) is 0 Å². The quantitative estimate of drug-likeness (QED) is 0.708. The van der Waals surface area contributed by atoms with Crippen LogP contribution in [0, 0.1) is 0 Å². The van der Waals surface area contributed by atoms with E-state index in [0.29, 0.717) is 18.2 Å². The highest BCUT2D eigenvalue weighted by Crippen LogP contribution is 2.22. The van der Waals surface area contributed by atoms with E-state index in [1.165, 1.54) is 43.2 Å². The molecule has 2 atom stereocenters. The zero-order valence-corrected chi connectivity index (χ0v) is 16.8. The van der Waals surface area contributed by atoms with E-state index in [9.17, 15) is 0 Å². The number of rotatable bonds is 4. The van der Waals surface area contributed by atoms with E-state index in [1.807, 2.05) is 6.07 Å². The molecule has 3 rings (SSSR count). The van der Waals surface area contributed by atoms with Crippen molar-refractivity contribution in [2.45, 2.75) is 77.5 Å². The molecule has 1 saturated heterocycles. The van der Waals surface area contributed by atoms with Crippen LogP contribution in [0.4, 0.5) is 5.69 Å². The SMILES string of the molecule is C=C(NC1CCCCC1)c1ccc(N)c(CC)c1.CC1CNC[C@H](C)O1. The third-order valence-electron chi connectivity index (χ3n) is 5.18. The van der Waals surface area contributed by atoms with Gasteiger partial charge >= 0.3 is 0 Å². The van der Waals surface area contributed by atoms with Gasteiger partial charge in [-0.3, -0.25) is 0 Å². The third-order valence-corrected chi connectivity index (χ3v) is 5.18. The van der Waals surface area contributed by atoms with Gasteiger partial charge in [-0.25, -0.2) is 0 Å². The number of anilines is 1. The second-order valence-corrected chi connectivity index (χ2v) is 7.64. The van der Waals surface area contributed by atoms with Crippen LogP contribution in [0.5, 0.6) is 0 Å². The second kappa shape index (κ2) is 10.6. The number of hydrogen-bond acceptors (Lipinski definition) is 4. The van der Waals surface area contributed by atoms with Crippen LogP contribution in [-0.2, 0) is 11.2 Å². The number of ether oxygens (including phenoxy) is 1. The molecule has 1 saturated carbocycles. The molecule has 1 unspecified atom stereocenters. The standard InChI is InChI=1S/C16H24N2.C6H13NO/c1-3-13-11-14(9-10-16(13)17)12(2)18-15-7-5-4-6-8-15;1-5-3-7-4-6(2)8-5/h9-11,15,18H,2-8,17H2,1H3;5-7H,3-4H2,1-2H3/t;5-,6?/m.0/s1. The van der Waals surface area contributed by atoms with Crippen molar-refractivity contribution in [3.8, 4) is 0 Å². The Labute approximate surface area is 159 Å². The number of nitrogen functional groups attached to an aromatic ring is 1. The van der Waals surface area contributed by atoms with Crippen LogP contribution >= 0.6 is 0 Å². The molecule has 4 N–H and O–H groups in total. The molecule has 2 fully saturated rings. The van der Waals surface area contributed by atoms with E-state index in [4.69, 9.17) is 10.5 Å². The normalized spacial score (nSPS) is 23.7. The lowest BCUT2D eigenvalue weighted by Gasteiger charge is -2.25. The Morgan fingerprint density at radius 1 is 1.19 bits per heavy atom. The molecule has 1 aliphatic carbocycles. The predicted molar refractivity (Wildman–Crippen MR) is 112 cm³/mol. The number of aryl methyl sites for hydroxylation is 1.